The largest absolute Gasteiger partial charge is 0.399 e. The zero-order valence-electron chi connectivity index (χ0n) is 10.00. The van der Waals surface area contributed by atoms with Crippen molar-refractivity contribution in [3.63, 3.8) is 0 Å². The second-order valence-corrected chi connectivity index (χ2v) is 3.91. The van der Waals surface area contributed by atoms with Crippen LogP contribution < -0.4 is 11.1 Å². The number of carbonyl (C=O) groups excluding carboxylic acids is 1. The number of carbonyl (C=O) groups is 1. The van der Waals surface area contributed by atoms with Crippen LogP contribution in [-0.4, -0.2) is 25.2 Å². The lowest BCUT2D eigenvalue weighted by molar-refractivity contribution is 0.0745. The van der Waals surface area contributed by atoms with Gasteiger partial charge in [-0.3, -0.25) is 4.79 Å². The van der Waals surface area contributed by atoms with Gasteiger partial charge in [-0.1, -0.05) is 0 Å². The Bertz CT molecular complexity index is 394. The molecule has 1 aromatic carbocycles. The maximum absolute atomic E-state index is 13.3. The van der Waals surface area contributed by atoms with Crippen LogP contribution in [0.5, 0.6) is 0 Å². The molecular weight excluding hydrogens is 223 g/mol. The fourth-order valence-electron chi connectivity index (χ4n) is 1.27. The minimum atomic E-state index is -0.582. The Morgan fingerprint density at radius 3 is 2.88 bits per heavy atom. The van der Waals surface area contributed by atoms with Crippen LogP contribution in [0, 0.1) is 5.82 Å². The van der Waals surface area contributed by atoms with E-state index in [0.717, 1.165) is 0 Å². The van der Waals surface area contributed by atoms with E-state index in [1.807, 2.05) is 13.8 Å². The number of nitrogen functional groups attached to an aromatic ring is 1. The van der Waals surface area contributed by atoms with Crippen molar-refractivity contribution in [3.05, 3.63) is 29.6 Å². The van der Waals surface area contributed by atoms with Gasteiger partial charge in [-0.2, -0.15) is 0 Å². The Morgan fingerprint density at radius 2 is 2.24 bits per heavy atom. The van der Waals surface area contributed by atoms with Crippen molar-refractivity contribution in [1.29, 1.82) is 0 Å². The summed E-state index contributed by atoms with van der Waals surface area (Å²) in [6.45, 7) is 4.54. The molecule has 5 heteroatoms. The minimum absolute atomic E-state index is 0.0467. The minimum Gasteiger partial charge on any atom is -0.399 e. The van der Waals surface area contributed by atoms with Gasteiger partial charge in [0.05, 0.1) is 18.3 Å². The lowest BCUT2D eigenvalue weighted by Crippen LogP contribution is -2.28. The van der Waals surface area contributed by atoms with Gasteiger partial charge in [0.15, 0.2) is 0 Å². The van der Waals surface area contributed by atoms with Crippen LogP contribution in [0.2, 0.25) is 0 Å². The van der Waals surface area contributed by atoms with Gasteiger partial charge in [0, 0.05) is 12.2 Å². The van der Waals surface area contributed by atoms with Crippen LogP contribution >= 0.6 is 0 Å². The number of nitrogens with two attached hydrogens (primary N) is 1. The Labute approximate surface area is 100.0 Å². The molecule has 1 amide bonds. The quantitative estimate of drug-likeness (QED) is 0.606. The molecule has 17 heavy (non-hydrogen) atoms. The number of benzene rings is 1. The number of rotatable bonds is 5. The highest BCUT2D eigenvalue weighted by Crippen LogP contribution is 2.11. The van der Waals surface area contributed by atoms with E-state index in [4.69, 9.17) is 10.5 Å². The summed E-state index contributed by atoms with van der Waals surface area (Å²) >= 11 is 0. The molecule has 0 unspecified atom stereocenters. The SMILES string of the molecule is CC(C)OCCNC(=O)c1cc(N)ccc1F. The summed E-state index contributed by atoms with van der Waals surface area (Å²) in [5.41, 5.74) is 5.80. The van der Waals surface area contributed by atoms with Crippen LogP contribution in [0.3, 0.4) is 0 Å². The van der Waals surface area contributed by atoms with Crippen molar-refractivity contribution in [1.82, 2.24) is 5.32 Å². The summed E-state index contributed by atoms with van der Waals surface area (Å²) in [6.07, 6.45) is 0.107. The number of amides is 1. The van der Waals surface area contributed by atoms with Gasteiger partial charge in [0.2, 0.25) is 0 Å². The van der Waals surface area contributed by atoms with E-state index in [-0.39, 0.29) is 11.7 Å². The predicted octanol–water partition coefficient (Wildman–Crippen LogP) is 1.56. The van der Waals surface area contributed by atoms with Crippen molar-refractivity contribution in [2.45, 2.75) is 20.0 Å². The molecule has 4 nitrogen and oxygen atoms in total. The van der Waals surface area contributed by atoms with Crippen molar-refractivity contribution >= 4 is 11.6 Å². The first-order valence-corrected chi connectivity index (χ1v) is 5.45. The molecule has 0 fully saturated rings. The highest BCUT2D eigenvalue weighted by atomic mass is 19.1. The van der Waals surface area contributed by atoms with Gasteiger partial charge < -0.3 is 15.8 Å². The van der Waals surface area contributed by atoms with Crippen molar-refractivity contribution in [3.8, 4) is 0 Å². The van der Waals surface area contributed by atoms with E-state index in [9.17, 15) is 9.18 Å². The highest BCUT2D eigenvalue weighted by molar-refractivity contribution is 5.95. The lowest BCUT2D eigenvalue weighted by atomic mass is 10.2. The fourth-order valence-corrected chi connectivity index (χ4v) is 1.27. The van der Waals surface area contributed by atoms with Gasteiger partial charge in [0.1, 0.15) is 5.82 Å². The van der Waals surface area contributed by atoms with E-state index < -0.39 is 11.7 Å². The molecule has 0 aliphatic heterocycles. The predicted molar refractivity (Wildman–Crippen MR) is 64.2 cm³/mol. The van der Waals surface area contributed by atoms with E-state index in [1.165, 1.54) is 18.2 Å². The molecule has 0 aliphatic carbocycles. The van der Waals surface area contributed by atoms with Crippen LogP contribution in [0.4, 0.5) is 10.1 Å². The fraction of sp³-hybridized carbons (Fsp3) is 0.417. The normalized spacial score (nSPS) is 10.6. The van der Waals surface area contributed by atoms with E-state index in [1.54, 1.807) is 0 Å². The first-order valence-electron chi connectivity index (χ1n) is 5.45. The molecule has 94 valence electrons. The number of ether oxygens (including phenoxy) is 1. The molecule has 1 rings (SSSR count). The van der Waals surface area contributed by atoms with Crippen LogP contribution in [0.25, 0.3) is 0 Å². The molecule has 0 atom stereocenters. The number of hydrogen-bond donors (Lipinski definition) is 2. The topological polar surface area (TPSA) is 64.3 Å². The summed E-state index contributed by atoms with van der Waals surface area (Å²) in [5, 5.41) is 2.56. The lowest BCUT2D eigenvalue weighted by Gasteiger charge is -2.09. The third kappa shape index (κ3) is 4.40. The van der Waals surface area contributed by atoms with Crippen LogP contribution in [0.15, 0.2) is 18.2 Å². The second kappa shape index (κ2) is 6.20. The molecule has 0 saturated heterocycles. The van der Waals surface area contributed by atoms with Crippen molar-refractivity contribution in [2.75, 3.05) is 18.9 Å². The van der Waals surface area contributed by atoms with Crippen molar-refractivity contribution in [2.24, 2.45) is 0 Å². The number of nitrogens with one attached hydrogen (secondary N) is 1. The zero-order valence-corrected chi connectivity index (χ0v) is 10.00. The van der Waals surface area contributed by atoms with Crippen LogP contribution in [0.1, 0.15) is 24.2 Å². The standard InChI is InChI=1S/C12H17FN2O2/c1-8(2)17-6-5-15-12(16)10-7-9(14)3-4-11(10)13/h3-4,7-8H,5-6,14H2,1-2H3,(H,15,16). The third-order valence-electron chi connectivity index (χ3n) is 2.07. The average Bonchev–Trinajstić information content (AvgIpc) is 2.27. The molecule has 1 aromatic rings. The maximum atomic E-state index is 13.3. The van der Waals surface area contributed by atoms with Gasteiger partial charge >= 0.3 is 0 Å². The van der Waals surface area contributed by atoms with Crippen molar-refractivity contribution < 1.29 is 13.9 Å². The molecule has 0 bridgehead atoms. The monoisotopic (exact) mass is 240 g/mol. The maximum Gasteiger partial charge on any atom is 0.254 e. The average molecular weight is 240 g/mol. The Kier molecular flexibility index (Phi) is 4.90. The molecule has 0 heterocycles. The summed E-state index contributed by atoms with van der Waals surface area (Å²) < 4.78 is 18.6. The number of hydrogen-bond acceptors (Lipinski definition) is 3. The first-order chi connectivity index (χ1) is 8.00. The highest BCUT2D eigenvalue weighted by Gasteiger charge is 2.11. The summed E-state index contributed by atoms with van der Waals surface area (Å²) in [5.74, 6) is -1.07. The summed E-state index contributed by atoms with van der Waals surface area (Å²) in [6, 6.07) is 3.90. The molecule has 0 aliphatic rings. The molecule has 0 spiro atoms. The number of halogens is 1. The van der Waals surface area contributed by atoms with Gasteiger partial charge in [0.25, 0.3) is 5.91 Å². The van der Waals surface area contributed by atoms with Gasteiger partial charge in [-0.05, 0) is 32.0 Å². The second-order valence-electron chi connectivity index (χ2n) is 3.91. The summed E-state index contributed by atoms with van der Waals surface area (Å²) in [7, 11) is 0. The number of anilines is 1. The molecule has 3 N–H and O–H groups in total. The van der Waals surface area contributed by atoms with Gasteiger partial charge in [-0.25, -0.2) is 4.39 Å². The van der Waals surface area contributed by atoms with Gasteiger partial charge in [-0.15, -0.1) is 0 Å². The summed E-state index contributed by atoms with van der Waals surface area (Å²) in [4.78, 5) is 11.6. The van der Waals surface area contributed by atoms with E-state index in [2.05, 4.69) is 5.32 Å². The molecule has 0 aromatic heterocycles. The van der Waals surface area contributed by atoms with Crippen LogP contribution in [-0.2, 0) is 4.74 Å². The molecular formula is C12H17FN2O2. The Balaban J connectivity index is 2.49. The van der Waals surface area contributed by atoms with E-state index in [0.29, 0.717) is 18.8 Å². The smallest absolute Gasteiger partial charge is 0.254 e. The zero-order chi connectivity index (χ0) is 12.8. The third-order valence-corrected chi connectivity index (χ3v) is 2.07. The Hall–Kier alpha value is -1.62. The molecule has 0 radical (unpaired) electrons. The van der Waals surface area contributed by atoms with E-state index >= 15 is 0 Å². The Morgan fingerprint density at radius 1 is 1.53 bits per heavy atom. The molecule has 0 saturated carbocycles. The first kappa shape index (κ1) is 13.4.